The molecule has 26 unspecified atom stereocenters. The standard InChI is InChI=1S/C45H73NO15/c1-19-9-14-45(46-17-19)20(2)30-28(61-45)16-27-25-8-7-23-15-24(10-12-43(23,5)26(25)11-13-44(27,30)6)57-42-39(60-41-37(54)35(52)32(49)22(4)56-41)38(33(50)29(18-47)58-42)59-40-36(53)34(51)31(48)21(3)55-40/h7,19-22,24-42,46-54H,8-18H2,1-6H3. The fourth-order valence-electron chi connectivity index (χ4n) is 14.1. The molecular formula is C45H73NO15. The molecule has 16 nitrogen and oxygen atoms in total. The zero-order valence-electron chi connectivity index (χ0n) is 36.6. The van der Waals surface area contributed by atoms with Crippen LogP contribution in [-0.2, 0) is 33.2 Å². The average molecular weight is 868 g/mol. The summed E-state index contributed by atoms with van der Waals surface area (Å²) in [5.41, 5.74) is 1.38. The van der Waals surface area contributed by atoms with E-state index < -0.39 is 98.7 Å². The van der Waals surface area contributed by atoms with Gasteiger partial charge in [0.05, 0.1) is 31.0 Å². The SMILES string of the molecule is CC1CCC2(NC1)OC1CC3C4CC=C5CC(OC6OC(CO)C(O)C(OC7OC(C)C(O)C(O)C7O)C6OC6OC(C)C(O)C(O)C6O)CCC5(C)C4CCC3(C)C1C2C. The Morgan fingerprint density at radius 2 is 1.36 bits per heavy atom. The second kappa shape index (κ2) is 16.8. The van der Waals surface area contributed by atoms with Gasteiger partial charge in [0.2, 0.25) is 0 Å². The molecule has 9 aliphatic rings. The van der Waals surface area contributed by atoms with Crippen LogP contribution < -0.4 is 5.32 Å². The van der Waals surface area contributed by atoms with E-state index in [0.29, 0.717) is 48.3 Å². The van der Waals surface area contributed by atoms with Crippen LogP contribution in [0, 0.1) is 46.3 Å². The smallest absolute Gasteiger partial charge is 0.187 e. The van der Waals surface area contributed by atoms with Crippen molar-refractivity contribution >= 4 is 0 Å². The summed E-state index contributed by atoms with van der Waals surface area (Å²) in [4.78, 5) is 0. The van der Waals surface area contributed by atoms with Gasteiger partial charge < -0.3 is 74.0 Å². The minimum atomic E-state index is -1.73. The van der Waals surface area contributed by atoms with Crippen molar-refractivity contribution in [3.05, 3.63) is 11.6 Å². The zero-order chi connectivity index (χ0) is 43.5. The van der Waals surface area contributed by atoms with Crippen molar-refractivity contribution in [1.82, 2.24) is 5.32 Å². The van der Waals surface area contributed by atoms with E-state index in [1.807, 2.05) is 0 Å². The first-order valence-corrected chi connectivity index (χ1v) is 23.3. The lowest BCUT2D eigenvalue weighted by Crippen LogP contribution is -2.67. The summed E-state index contributed by atoms with van der Waals surface area (Å²) in [6, 6.07) is 0. The molecule has 3 saturated carbocycles. The van der Waals surface area contributed by atoms with Crippen LogP contribution in [-0.4, -0.2) is 164 Å². The van der Waals surface area contributed by atoms with Crippen molar-refractivity contribution in [2.45, 2.75) is 209 Å². The lowest BCUT2D eigenvalue weighted by atomic mass is 9.47. The summed E-state index contributed by atoms with van der Waals surface area (Å²) in [6.45, 7) is 13.2. The Bertz CT molecular complexity index is 1600. The predicted molar refractivity (Wildman–Crippen MR) is 215 cm³/mol. The van der Waals surface area contributed by atoms with E-state index in [4.69, 9.17) is 33.2 Å². The molecule has 61 heavy (non-hydrogen) atoms. The summed E-state index contributed by atoms with van der Waals surface area (Å²) >= 11 is 0. The van der Waals surface area contributed by atoms with Crippen molar-refractivity contribution in [2.75, 3.05) is 13.2 Å². The van der Waals surface area contributed by atoms with Crippen molar-refractivity contribution < 1.29 is 74.0 Å². The molecular weight excluding hydrogens is 794 g/mol. The van der Waals surface area contributed by atoms with Crippen LogP contribution in [0.5, 0.6) is 0 Å². The summed E-state index contributed by atoms with van der Waals surface area (Å²) in [6.07, 6.45) is -10.2. The van der Waals surface area contributed by atoms with Crippen LogP contribution in [0.3, 0.4) is 0 Å². The molecule has 0 aromatic rings. The fourth-order valence-corrected chi connectivity index (χ4v) is 14.1. The fraction of sp³-hybridized carbons (Fsp3) is 0.956. The van der Waals surface area contributed by atoms with Gasteiger partial charge >= 0.3 is 0 Å². The van der Waals surface area contributed by atoms with Crippen molar-refractivity contribution in [1.29, 1.82) is 0 Å². The van der Waals surface area contributed by atoms with Gasteiger partial charge in [-0.2, -0.15) is 0 Å². The lowest BCUT2D eigenvalue weighted by molar-refractivity contribution is -0.393. The van der Waals surface area contributed by atoms with E-state index in [-0.39, 0.29) is 28.8 Å². The molecule has 8 fully saturated rings. The number of allylic oxidation sites excluding steroid dienone is 1. The highest BCUT2D eigenvalue weighted by molar-refractivity contribution is 5.26. The number of hydrogen-bond acceptors (Lipinski definition) is 16. The maximum absolute atomic E-state index is 11.6. The van der Waals surface area contributed by atoms with Crippen LogP contribution in [0.1, 0.15) is 99.3 Å². The number of piperidine rings is 1. The Hall–Kier alpha value is -0.900. The Morgan fingerprint density at radius 3 is 1.98 bits per heavy atom. The van der Waals surface area contributed by atoms with Gasteiger partial charge in [-0.1, -0.05) is 39.3 Å². The van der Waals surface area contributed by atoms with Gasteiger partial charge in [0.25, 0.3) is 0 Å². The average Bonchev–Trinajstić information content (AvgIpc) is 3.69. The van der Waals surface area contributed by atoms with Crippen molar-refractivity contribution in [3.63, 3.8) is 0 Å². The molecule has 1 spiro atoms. The topological polar surface area (TPSA) is 238 Å². The number of nitrogens with one attached hydrogen (secondary N) is 1. The second-order valence-corrected chi connectivity index (χ2v) is 21.2. The molecule has 4 aliphatic carbocycles. The maximum atomic E-state index is 11.6. The predicted octanol–water partition coefficient (Wildman–Crippen LogP) is 0.815. The molecule has 16 heteroatoms. The third kappa shape index (κ3) is 7.42. The second-order valence-electron chi connectivity index (χ2n) is 21.2. The van der Waals surface area contributed by atoms with Gasteiger partial charge in [-0.05, 0) is 112 Å². The summed E-state index contributed by atoms with van der Waals surface area (Å²) in [7, 11) is 0. The molecule has 348 valence electrons. The zero-order valence-corrected chi connectivity index (χ0v) is 36.6. The highest BCUT2D eigenvalue weighted by Crippen LogP contribution is 2.70. The van der Waals surface area contributed by atoms with Gasteiger partial charge in [0, 0.05) is 12.5 Å². The number of ether oxygens (including phenoxy) is 7. The minimum absolute atomic E-state index is 0.0148. The Labute approximate surface area is 359 Å². The van der Waals surface area contributed by atoms with Crippen molar-refractivity contribution in [3.8, 4) is 0 Å². The number of aliphatic hydroxyl groups is 8. The first-order valence-electron chi connectivity index (χ1n) is 23.3. The minimum Gasteiger partial charge on any atom is -0.394 e. The molecule has 5 aliphatic heterocycles. The number of fused-ring (bicyclic) bond motifs is 7. The van der Waals surface area contributed by atoms with Crippen LogP contribution in [0.15, 0.2) is 11.6 Å². The highest BCUT2D eigenvalue weighted by Gasteiger charge is 2.68. The van der Waals surface area contributed by atoms with Crippen molar-refractivity contribution in [2.24, 2.45) is 46.3 Å². The molecule has 0 aromatic carbocycles. The largest absolute Gasteiger partial charge is 0.394 e. The molecule has 5 heterocycles. The van der Waals surface area contributed by atoms with E-state index in [2.05, 4.69) is 39.1 Å². The first-order chi connectivity index (χ1) is 28.9. The molecule has 0 bridgehead atoms. The van der Waals surface area contributed by atoms with Gasteiger partial charge in [-0.25, -0.2) is 0 Å². The molecule has 9 N–H and O–H groups in total. The molecule has 5 saturated heterocycles. The van der Waals surface area contributed by atoms with E-state index in [1.165, 1.54) is 38.7 Å². The molecule has 9 rings (SSSR count). The van der Waals surface area contributed by atoms with Gasteiger partial charge in [-0.3, -0.25) is 5.32 Å². The summed E-state index contributed by atoms with van der Waals surface area (Å²) in [5, 5.41) is 89.7. The Kier molecular flexibility index (Phi) is 12.4. The number of rotatable bonds is 7. The van der Waals surface area contributed by atoms with E-state index >= 15 is 0 Å². The van der Waals surface area contributed by atoms with Crippen LogP contribution >= 0.6 is 0 Å². The van der Waals surface area contributed by atoms with E-state index in [9.17, 15) is 40.9 Å². The van der Waals surface area contributed by atoms with Crippen LogP contribution in [0.4, 0.5) is 0 Å². The lowest BCUT2D eigenvalue weighted by Gasteiger charge is -2.59. The van der Waals surface area contributed by atoms with Gasteiger partial charge in [-0.15, -0.1) is 0 Å². The summed E-state index contributed by atoms with van der Waals surface area (Å²) in [5.74, 6) is 3.40. The normalized spacial score (nSPS) is 58.4. The molecule has 26 atom stereocenters. The third-order valence-corrected chi connectivity index (χ3v) is 17.9. The molecule has 0 amide bonds. The van der Waals surface area contributed by atoms with E-state index in [0.717, 1.165) is 32.2 Å². The quantitative estimate of drug-likeness (QED) is 0.161. The Morgan fingerprint density at radius 1 is 0.705 bits per heavy atom. The number of aliphatic hydroxyl groups excluding tert-OH is 8. The van der Waals surface area contributed by atoms with Gasteiger partial charge in [0.1, 0.15) is 66.8 Å². The molecule has 0 radical (unpaired) electrons. The third-order valence-electron chi connectivity index (χ3n) is 17.9. The Balaban J connectivity index is 0.937. The first kappa shape index (κ1) is 45.3. The summed E-state index contributed by atoms with van der Waals surface area (Å²) < 4.78 is 44.1. The highest BCUT2D eigenvalue weighted by atomic mass is 16.8. The maximum Gasteiger partial charge on any atom is 0.187 e. The number of hydrogen-bond donors (Lipinski definition) is 9. The monoisotopic (exact) mass is 867 g/mol. The van der Waals surface area contributed by atoms with Crippen LogP contribution in [0.25, 0.3) is 0 Å². The van der Waals surface area contributed by atoms with E-state index in [1.54, 1.807) is 0 Å². The molecule has 0 aromatic heterocycles. The van der Waals surface area contributed by atoms with Gasteiger partial charge in [0.15, 0.2) is 18.9 Å². The van der Waals surface area contributed by atoms with Crippen LogP contribution in [0.2, 0.25) is 0 Å².